The second-order valence-electron chi connectivity index (χ2n) is 10.2. The van der Waals surface area contributed by atoms with Crippen molar-refractivity contribution in [3.63, 3.8) is 0 Å². The Bertz CT molecular complexity index is 914. The van der Waals surface area contributed by atoms with Crippen LogP contribution < -0.4 is 10.6 Å². The molecule has 1 saturated heterocycles. The summed E-state index contributed by atoms with van der Waals surface area (Å²) in [6.07, 6.45) is 13.5. The van der Waals surface area contributed by atoms with E-state index in [1.165, 1.54) is 81.1 Å². The van der Waals surface area contributed by atoms with Crippen molar-refractivity contribution in [2.75, 3.05) is 20.1 Å². The van der Waals surface area contributed by atoms with Gasteiger partial charge in [-0.3, -0.25) is 9.48 Å². The van der Waals surface area contributed by atoms with Gasteiger partial charge in [0.25, 0.3) is 5.91 Å². The SMILES string of the molecule is CNC1CCN(C2CCC(NC(=O)c3cc4c(C)nn(C5CCCCC5)c4s3)CC2)CC1. The highest BCUT2D eigenvalue weighted by atomic mass is 32.1. The number of amides is 1. The minimum Gasteiger partial charge on any atom is -0.349 e. The number of hydrogen-bond acceptors (Lipinski definition) is 5. The van der Waals surface area contributed by atoms with Gasteiger partial charge in [-0.15, -0.1) is 11.3 Å². The number of fused-ring (bicyclic) bond motifs is 1. The summed E-state index contributed by atoms with van der Waals surface area (Å²) in [5.41, 5.74) is 1.06. The maximum atomic E-state index is 13.1. The molecule has 3 aliphatic rings. The molecular weight excluding hydrogens is 418 g/mol. The highest BCUT2D eigenvalue weighted by Gasteiger charge is 2.30. The Kier molecular flexibility index (Phi) is 6.86. The van der Waals surface area contributed by atoms with Crippen LogP contribution in [0.25, 0.3) is 10.2 Å². The molecule has 32 heavy (non-hydrogen) atoms. The molecule has 0 spiro atoms. The quantitative estimate of drug-likeness (QED) is 0.687. The molecule has 0 aromatic carbocycles. The monoisotopic (exact) mass is 457 g/mol. The molecule has 3 fully saturated rings. The van der Waals surface area contributed by atoms with Gasteiger partial charge in [-0.1, -0.05) is 19.3 Å². The normalized spacial score (nSPS) is 26.6. The molecular formula is C25H39N5OS. The van der Waals surface area contributed by atoms with Crippen LogP contribution in [0.1, 0.15) is 92.0 Å². The van der Waals surface area contributed by atoms with Crippen molar-refractivity contribution in [2.45, 2.75) is 102 Å². The molecule has 0 atom stereocenters. The zero-order valence-corrected chi connectivity index (χ0v) is 20.6. The van der Waals surface area contributed by atoms with E-state index in [0.717, 1.165) is 23.4 Å². The molecule has 6 nitrogen and oxygen atoms in total. The van der Waals surface area contributed by atoms with Crippen molar-refractivity contribution in [1.82, 2.24) is 25.3 Å². The fraction of sp³-hybridized carbons (Fsp3) is 0.760. The van der Waals surface area contributed by atoms with Crippen LogP contribution in [-0.2, 0) is 0 Å². The van der Waals surface area contributed by atoms with Crippen LogP contribution in [0.3, 0.4) is 0 Å². The first-order valence-electron chi connectivity index (χ1n) is 12.8. The third-order valence-electron chi connectivity index (χ3n) is 8.20. The van der Waals surface area contributed by atoms with Gasteiger partial charge in [0.15, 0.2) is 0 Å². The van der Waals surface area contributed by atoms with E-state index in [2.05, 4.69) is 40.3 Å². The molecule has 2 aromatic heterocycles. The summed E-state index contributed by atoms with van der Waals surface area (Å²) >= 11 is 1.63. The first kappa shape index (κ1) is 22.4. The predicted octanol–water partition coefficient (Wildman–Crippen LogP) is 4.64. The molecule has 5 rings (SSSR count). The summed E-state index contributed by atoms with van der Waals surface area (Å²) in [5.74, 6) is 0.110. The minimum atomic E-state index is 0.110. The van der Waals surface area contributed by atoms with Crippen LogP contribution in [0.5, 0.6) is 0 Å². The van der Waals surface area contributed by atoms with Gasteiger partial charge in [0, 0.05) is 23.5 Å². The molecule has 2 N–H and O–H groups in total. The van der Waals surface area contributed by atoms with Crippen molar-refractivity contribution in [3.8, 4) is 0 Å². The molecule has 0 unspecified atom stereocenters. The van der Waals surface area contributed by atoms with Gasteiger partial charge in [-0.2, -0.15) is 5.10 Å². The number of carbonyl (C=O) groups excluding carboxylic acids is 1. The number of aromatic nitrogens is 2. The molecule has 7 heteroatoms. The number of nitrogens with one attached hydrogen (secondary N) is 2. The standard InChI is InChI=1S/C25H39N5OS/c1-17-22-16-23(32-25(22)30(28-17)21-6-4-3-5-7-21)24(31)27-19-8-10-20(11-9-19)29-14-12-18(26-2)13-15-29/h16,18-21,26H,3-15H2,1-2H3,(H,27,31). The largest absolute Gasteiger partial charge is 0.349 e. The van der Waals surface area contributed by atoms with Gasteiger partial charge in [0.1, 0.15) is 4.83 Å². The number of aryl methyl sites for hydroxylation is 1. The number of hydrogen-bond donors (Lipinski definition) is 2. The van der Waals surface area contributed by atoms with Crippen molar-refractivity contribution in [2.24, 2.45) is 0 Å². The van der Waals surface area contributed by atoms with Gasteiger partial charge < -0.3 is 15.5 Å². The highest BCUT2D eigenvalue weighted by molar-refractivity contribution is 7.20. The van der Waals surface area contributed by atoms with E-state index >= 15 is 0 Å². The van der Waals surface area contributed by atoms with Gasteiger partial charge in [-0.05, 0) is 84.5 Å². The third kappa shape index (κ3) is 4.62. The fourth-order valence-electron chi connectivity index (χ4n) is 6.15. The summed E-state index contributed by atoms with van der Waals surface area (Å²) in [6.45, 7) is 4.51. The van der Waals surface area contributed by atoms with Crippen molar-refractivity contribution < 1.29 is 4.79 Å². The molecule has 1 aliphatic heterocycles. The van der Waals surface area contributed by atoms with Gasteiger partial charge >= 0.3 is 0 Å². The lowest BCUT2D eigenvalue weighted by atomic mass is 9.88. The van der Waals surface area contributed by atoms with E-state index in [4.69, 9.17) is 5.10 Å². The molecule has 0 bridgehead atoms. The lowest BCUT2D eigenvalue weighted by molar-refractivity contribution is 0.0876. The summed E-state index contributed by atoms with van der Waals surface area (Å²) in [5, 5.41) is 12.8. The number of likely N-dealkylation sites (tertiary alicyclic amines) is 1. The molecule has 2 aliphatic carbocycles. The van der Waals surface area contributed by atoms with Crippen LogP contribution in [0.4, 0.5) is 0 Å². The van der Waals surface area contributed by atoms with Crippen molar-refractivity contribution in [3.05, 3.63) is 16.6 Å². The Labute approximate surface area is 196 Å². The van der Waals surface area contributed by atoms with Crippen LogP contribution >= 0.6 is 11.3 Å². The summed E-state index contributed by atoms with van der Waals surface area (Å²) in [4.78, 5) is 17.8. The summed E-state index contributed by atoms with van der Waals surface area (Å²) in [6, 6.07) is 4.29. The van der Waals surface area contributed by atoms with Gasteiger partial charge in [-0.25, -0.2) is 0 Å². The Morgan fingerprint density at radius 1 is 0.969 bits per heavy atom. The maximum Gasteiger partial charge on any atom is 0.261 e. The number of thiophene rings is 1. The zero-order valence-electron chi connectivity index (χ0n) is 19.7. The second-order valence-corrected chi connectivity index (χ2v) is 11.3. The Morgan fingerprint density at radius 2 is 1.69 bits per heavy atom. The Balaban J connectivity index is 1.18. The average Bonchev–Trinajstić information content (AvgIpc) is 3.41. The topological polar surface area (TPSA) is 62.2 Å². The van der Waals surface area contributed by atoms with Crippen molar-refractivity contribution in [1.29, 1.82) is 0 Å². The summed E-state index contributed by atoms with van der Waals surface area (Å²) in [7, 11) is 2.08. The van der Waals surface area contributed by atoms with E-state index < -0.39 is 0 Å². The number of piperidine rings is 1. The predicted molar refractivity (Wildman–Crippen MR) is 132 cm³/mol. The number of rotatable bonds is 5. The molecule has 2 aromatic rings. The van der Waals surface area contributed by atoms with Crippen LogP contribution in [-0.4, -0.2) is 58.9 Å². The zero-order chi connectivity index (χ0) is 22.1. The second kappa shape index (κ2) is 9.82. The minimum absolute atomic E-state index is 0.110. The van der Waals surface area contributed by atoms with E-state index in [1.54, 1.807) is 11.3 Å². The number of carbonyl (C=O) groups is 1. The molecule has 1 amide bonds. The molecule has 2 saturated carbocycles. The van der Waals surface area contributed by atoms with Crippen LogP contribution in [0, 0.1) is 6.92 Å². The van der Waals surface area contributed by atoms with E-state index in [9.17, 15) is 4.79 Å². The number of nitrogens with zero attached hydrogens (tertiary/aromatic N) is 3. The third-order valence-corrected chi connectivity index (χ3v) is 9.32. The molecule has 0 radical (unpaired) electrons. The van der Waals surface area contributed by atoms with E-state index in [1.807, 2.05) is 0 Å². The van der Waals surface area contributed by atoms with Crippen LogP contribution in [0.2, 0.25) is 0 Å². The van der Waals surface area contributed by atoms with Gasteiger partial charge in [0.2, 0.25) is 0 Å². The van der Waals surface area contributed by atoms with Gasteiger partial charge in [0.05, 0.1) is 16.6 Å². The molecule has 3 heterocycles. The Morgan fingerprint density at radius 3 is 2.38 bits per heavy atom. The van der Waals surface area contributed by atoms with Crippen molar-refractivity contribution >= 4 is 27.5 Å². The van der Waals surface area contributed by atoms with Crippen LogP contribution in [0.15, 0.2) is 6.07 Å². The van der Waals surface area contributed by atoms with E-state index in [0.29, 0.717) is 24.2 Å². The highest BCUT2D eigenvalue weighted by Crippen LogP contribution is 2.35. The Hall–Kier alpha value is -1.44. The first-order valence-corrected chi connectivity index (χ1v) is 13.6. The first-order chi connectivity index (χ1) is 15.6. The lowest BCUT2D eigenvalue weighted by Crippen LogP contribution is -2.48. The smallest absolute Gasteiger partial charge is 0.261 e. The maximum absolute atomic E-state index is 13.1. The lowest BCUT2D eigenvalue weighted by Gasteiger charge is -2.40. The molecule has 176 valence electrons. The fourth-order valence-corrected chi connectivity index (χ4v) is 7.29. The average molecular weight is 458 g/mol. The summed E-state index contributed by atoms with van der Waals surface area (Å²) < 4.78 is 2.23. The van der Waals surface area contributed by atoms with E-state index in [-0.39, 0.29) is 5.91 Å².